The molecule has 0 saturated carbocycles. The number of ketones is 1. The van der Waals surface area contributed by atoms with E-state index >= 15 is 0 Å². The van der Waals surface area contributed by atoms with Gasteiger partial charge in [-0.2, -0.15) is 0 Å². The van der Waals surface area contributed by atoms with Crippen LogP contribution in [-0.4, -0.2) is 22.0 Å². The molecule has 5 nitrogen and oxygen atoms in total. The van der Waals surface area contributed by atoms with Gasteiger partial charge in [0.2, 0.25) is 0 Å². The van der Waals surface area contributed by atoms with Gasteiger partial charge in [-0.1, -0.05) is 18.2 Å². The van der Waals surface area contributed by atoms with Crippen LogP contribution in [0.4, 0.5) is 4.39 Å². The van der Waals surface area contributed by atoms with Crippen molar-refractivity contribution in [1.29, 1.82) is 0 Å². The van der Waals surface area contributed by atoms with Crippen molar-refractivity contribution in [3.63, 3.8) is 0 Å². The molecular formula is C18H17FO5. The quantitative estimate of drug-likeness (QED) is 0.463. The molecule has 0 aromatic heterocycles. The molecule has 0 spiro atoms. The third kappa shape index (κ3) is 5.39. The first-order valence-corrected chi connectivity index (χ1v) is 7.36. The van der Waals surface area contributed by atoms with Gasteiger partial charge in [0, 0.05) is 6.42 Å². The van der Waals surface area contributed by atoms with Crippen molar-refractivity contribution in [3.05, 3.63) is 59.4 Å². The predicted molar refractivity (Wildman–Crippen MR) is 83.9 cm³/mol. The van der Waals surface area contributed by atoms with E-state index in [0.29, 0.717) is 17.5 Å². The van der Waals surface area contributed by atoms with Crippen molar-refractivity contribution in [2.24, 2.45) is 0 Å². The van der Waals surface area contributed by atoms with Crippen LogP contribution in [0.15, 0.2) is 42.5 Å². The van der Waals surface area contributed by atoms with Gasteiger partial charge >= 0.3 is 5.97 Å². The minimum Gasteiger partial charge on any atom is -0.504 e. The number of carbonyl (C=O) groups is 2. The SMILES string of the molecule is O=C(CCc1ccc(O)c(O)c1)CC(=O)OCc1cccc(F)c1. The second-order valence-corrected chi connectivity index (χ2v) is 5.33. The van der Waals surface area contributed by atoms with Crippen LogP contribution in [0.25, 0.3) is 0 Å². The summed E-state index contributed by atoms with van der Waals surface area (Å²) in [5.74, 6) is -1.87. The van der Waals surface area contributed by atoms with E-state index in [1.807, 2.05) is 0 Å². The Morgan fingerprint density at radius 1 is 1.00 bits per heavy atom. The summed E-state index contributed by atoms with van der Waals surface area (Å²) >= 11 is 0. The van der Waals surface area contributed by atoms with E-state index in [1.54, 1.807) is 12.1 Å². The fourth-order valence-corrected chi connectivity index (χ4v) is 2.10. The largest absolute Gasteiger partial charge is 0.504 e. The Hall–Kier alpha value is -2.89. The monoisotopic (exact) mass is 332 g/mol. The summed E-state index contributed by atoms with van der Waals surface area (Å²) in [6.07, 6.45) is 0.0858. The number of Topliss-reactive ketones (excluding diaryl/α,β-unsaturated/α-hetero) is 1. The molecule has 0 radical (unpaired) electrons. The molecule has 0 heterocycles. The summed E-state index contributed by atoms with van der Waals surface area (Å²) in [5, 5.41) is 18.6. The first-order valence-electron chi connectivity index (χ1n) is 7.36. The van der Waals surface area contributed by atoms with Gasteiger partial charge in [0.25, 0.3) is 0 Å². The summed E-state index contributed by atoms with van der Waals surface area (Å²) in [7, 11) is 0. The van der Waals surface area contributed by atoms with E-state index < -0.39 is 11.8 Å². The zero-order valence-electron chi connectivity index (χ0n) is 12.9. The summed E-state index contributed by atoms with van der Waals surface area (Å²) in [4.78, 5) is 23.4. The van der Waals surface area contributed by atoms with Crippen LogP contribution >= 0.6 is 0 Å². The third-order valence-corrected chi connectivity index (χ3v) is 3.36. The normalized spacial score (nSPS) is 10.4. The lowest BCUT2D eigenvalue weighted by atomic mass is 10.1. The molecule has 24 heavy (non-hydrogen) atoms. The van der Waals surface area contributed by atoms with E-state index in [2.05, 4.69) is 0 Å². The van der Waals surface area contributed by atoms with Gasteiger partial charge in [-0.15, -0.1) is 0 Å². The van der Waals surface area contributed by atoms with Gasteiger partial charge in [-0.3, -0.25) is 9.59 Å². The van der Waals surface area contributed by atoms with Gasteiger partial charge in [-0.05, 0) is 41.8 Å². The first-order chi connectivity index (χ1) is 11.4. The predicted octanol–water partition coefficient (Wildman–Crippen LogP) is 2.87. The van der Waals surface area contributed by atoms with Crippen LogP contribution in [0.3, 0.4) is 0 Å². The molecule has 2 aromatic carbocycles. The number of hydrogen-bond donors (Lipinski definition) is 2. The van der Waals surface area contributed by atoms with E-state index in [1.165, 1.54) is 30.3 Å². The first kappa shape index (κ1) is 17.5. The molecule has 0 saturated heterocycles. The molecule has 126 valence electrons. The molecule has 2 rings (SSSR count). The van der Waals surface area contributed by atoms with Gasteiger partial charge in [0.05, 0.1) is 0 Å². The van der Waals surface area contributed by atoms with Crippen LogP contribution in [-0.2, 0) is 27.4 Å². The number of esters is 1. The molecule has 0 aliphatic heterocycles. The highest BCUT2D eigenvalue weighted by atomic mass is 19.1. The van der Waals surface area contributed by atoms with Crippen LogP contribution in [0, 0.1) is 5.82 Å². The van der Waals surface area contributed by atoms with E-state index in [4.69, 9.17) is 4.74 Å². The topological polar surface area (TPSA) is 83.8 Å². The number of carbonyl (C=O) groups excluding carboxylic acids is 2. The number of aromatic hydroxyl groups is 2. The van der Waals surface area contributed by atoms with Gasteiger partial charge in [0.1, 0.15) is 24.6 Å². The Morgan fingerprint density at radius 3 is 2.50 bits per heavy atom. The maximum absolute atomic E-state index is 13.0. The number of phenolic OH excluding ortho intramolecular Hbond substituents is 2. The number of phenols is 2. The molecule has 2 N–H and O–H groups in total. The Labute approximate surface area is 138 Å². The zero-order valence-corrected chi connectivity index (χ0v) is 12.9. The van der Waals surface area contributed by atoms with Crippen LogP contribution in [0.2, 0.25) is 0 Å². The number of halogens is 1. The van der Waals surface area contributed by atoms with Crippen molar-refractivity contribution in [1.82, 2.24) is 0 Å². The average Bonchev–Trinajstić information content (AvgIpc) is 2.54. The van der Waals surface area contributed by atoms with Gasteiger partial charge in [0.15, 0.2) is 11.5 Å². The Kier molecular flexibility index (Phi) is 5.89. The van der Waals surface area contributed by atoms with E-state index in [9.17, 15) is 24.2 Å². The average molecular weight is 332 g/mol. The second-order valence-electron chi connectivity index (χ2n) is 5.33. The molecule has 0 fully saturated rings. The molecular weight excluding hydrogens is 315 g/mol. The van der Waals surface area contributed by atoms with Gasteiger partial charge < -0.3 is 14.9 Å². The Bertz CT molecular complexity index is 742. The van der Waals surface area contributed by atoms with Crippen molar-refractivity contribution in [2.75, 3.05) is 0 Å². The number of hydrogen-bond acceptors (Lipinski definition) is 5. The highest BCUT2D eigenvalue weighted by Gasteiger charge is 2.12. The maximum Gasteiger partial charge on any atom is 0.313 e. The molecule has 0 aliphatic carbocycles. The standard InChI is InChI=1S/C18H17FO5/c19-14-3-1-2-13(8-14)11-24-18(23)10-15(20)6-4-12-5-7-16(21)17(22)9-12/h1-3,5,7-9,21-22H,4,6,10-11H2. The Morgan fingerprint density at radius 2 is 1.79 bits per heavy atom. The minimum atomic E-state index is -0.669. The van der Waals surface area contributed by atoms with Crippen molar-refractivity contribution in [2.45, 2.75) is 25.9 Å². The lowest BCUT2D eigenvalue weighted by Crippen LogP contribution is -2.12. The summed E-state index contributed by atoms with van der Waals surface area (Å²) in [5.41, 5.74) is 1.18. The second kappa shape index (κ2) is 8.10. The van der Waals surface area contributed by atoms with Crippen LogP contribution < -0.4 is 0 Å². The van der Waals surface area contributed by atoms with Crippen molar-refractivity contribution >= 4 is 11.8 Å². The molecule has 0 aliphatic rings. The zero-order chi connectivity index (χ0) is 17.5. The molecule has 0 bridgehead atoms. The van der Waals surface area contributed by atoms with Gasteiger partial charge in [-0.25, -0.2) is 4.39 Å². The molecule has 6 heteroatoms. The Balaban J connectivity index is 1.75. The van der Waals surface area contributed by atoms with E-state index in [-0.39, 0.29) is 36.7 Å². The third-order valence-electron chi connectivity index (χ3n) is 3.36. The highest BCUT2D eigenvalue weighted by molar-refractivity contribution is 5.95. The number of benzene rings is 2. The number of aryl methyl sites for hydroxylation is 1. The molecule has 2 aromatic rings. The smallest absolute Gasteiger partial charge is 0.313 e. The summed E-state index contributed by atoms with van der Waals surface area (Å²) < 4.78 is 17.9. The number of ether oxygens (including phenoxy) is 1. The lowest BCUT2D eigenvalue weighted by molar-refractivity contribution is -0.147. The van der Waals surface area contributed by atoms with Crippen LogP contribution in [0.5, 0.6) is 11.5 Å². The number of rotatable bonds is 7. The molecule has 0 amide bonds. The molecule has 0 atom stereocenters. The van der Waals surface area contributed by atoms with Crippen LogP contribution in [0.1, 0.15) is 24.0 Å². The fourth-order valence-electron chi connectivity index (χ4n) is 2.10. The fraction of sp³-hybridized carbons (Fsp3) is 0.222. The van der Waals surface area contributed by atoms with Crippen molar-refractivity contribution in [3.8, 4) is 11.5 Å². The minimum absolute atomic E-state index is 0.0876. The summed E-state index contributed by atoms with van der Waals surface area (Å²) in [6, 6.07) is 9.96. The molecule has 0 unspecified atom stereocenters. The maximum atomic E-state index is 13.0. The van der Waals surface area contributed by atoms with E-state index in [0.717, 1.165) is 0 Å². The lowest BCUT2D eigenvalue weighted by Gasteiger charge is -2.06. The van der Waals surface area contributed by atoms with Crippen molar-refractivity contribution < 1.29 is 28.9 Å². The summed E-state index contributed by atoms with van der Waals surface area (Å²) in [6.45, 7) is -0.0876. The highest BCUT2D eigenvalue weighted by Crippen LogP contribution is 2.25.